The predicted molar refractivity (Wildman–Crippen MR) is 121 cm³/mol. The van der Waals surface area contributed by atoms with Gasteiger partial charge < -0.3 is 4.42 Å². The van der Waals surface area contributed by atoms with Gasteiger partial charge in [0.05, 0.1) is 21.3 Å². The number of aromatic nitrogens is 4. The number of halogens is 5. The van der Waals surface area contributed by atoms with Gasteiger partial charge in [-0.25, -0.2) is 4.68 Å². The summed E-state index contributed by atoms with van der Waals surface area (Å²) in [5.74, 6) is -0.511. The molecule has 0 unspecified atom stereocenters. The second kappa shape index (κ2) is 8.07. The van der Waals surface area contributed by atoms with E-state index in [0.29, 0.717) is 26.3 Å². The Morgan fingerprint density at radius 1 is 1.03 bits per heavy atom. The molecular formula is C22H15Cl2F3N4OS. The van der Waals surface area contributed by atoms with Crippen molar-refractivity contribution in [2.75, 3.05) is 6.26 Å². The molecule has 33 heavy (non-hydrogen) atoms. The van der Waals surface area contributed by atoms with Crippen LogP contribution in [0.15, 0.2) is 57.8 Å². The zero-order valence-electron chi connectivity index (χ0n) is 17.0. The lowest BCUT2D eigenvalue weighted by molar-refractivity contribution is -0.165. The monoisotopic (exact) mass is 510 g/mol. The number of alkyl halides is 3. The largest absolute Gasteiger partial charge is 0.418 e. The lowest BCUT2D eigenvalue weighted by atomic mass is 10.1. The Kier molecular flexibility index (Phi) is 5.46. The summed E-state index contributed by atoms with van der Waals surface area (Å²) in [4.78, 5) is 0.657. The third-order valence-corrected chi connectivity index (χ3v) is 6.94. The number of para-hydroxylation sites is 1. The summed E-state index contributed by atoms with van der Waals surface area (Å²) in [7, 11) is 0. The first-order valence-electron chi connectivity index (χ1n) is 9.84. The van der Waals surface area contributed by atoms with Crippen molar-refractivity contribution in [3.63, 3.8) is 0 Å². The van der Waals surface area contributed by atoms with Gasteiger partial charge in [-0.15, -0.1) is 22.0 Å². The Labute approximate surface area is 200 Å². The third kappa shape index (κ3) is 3.72. The number of hydrogen-bond acceptors (Lipinski definition) is 5. The topological polar surface area (TPSA) is 56.7 Å². The van der Waals surface area contributed by atoms with Crippen LogP contribution in [0.2, 0.25) is 10.0 Å². The molecule has 0 N–H and O–H groups in total. The quantitative estimate of drug-likeness (QED) is 0.265. The van der Waals surface area contributed by atoms with E-state index in [4.69, 9.17) is 27.6 Å². The zero-order chi connectivity index (χ0) is 23.4. The van der Waals surface area contributed by atoms with Gasteiger partial charge in [-0.3, -0.25) is 0 Å². The van der Waals surface area contributed by atoms with Crippen LogP contribution in [0.3, 0.4) is 0 Å². The molecule has 0 saturated heterocycles. The van der Waals surface area contributed by atoms with Gasteiger partial charge in [0.25, 0.3) is 5.89 Å². The molecule has 11 heteroatoms. The van der Waals surface area contributed by atoms with Crippen LogP contribution >= 0.6 is 35.0 Å². The van der Waals surface area contributed by atoms with E-state index in [9.17, 15) is 13.2 Å². The summed E-state index contributed by atoms with van der Waals surface area (Å²) >= 11 is 13.9. The Hall–Kier alpha value is -2.49. The maximum atomic E-state index is 13.5. The van der Waals surface area contributed by atoms with Crippen LogP contribution in [0.25, 0.3) is 28.5 Å². The number of benzene rings is 2. The fourth-order valence-electron chi connectivity index (χ4n) is 3.65. The highest BCUT2D eigenvalue weighted by atomic mass is 35.5. The molecular weight excluding hydrogens is 496 g/mol. The van der Waals surface area contributed by atoms with E-state index in [1.54, 1.807) is 35.0 Å². The molecule has 0 amide bonds. The minimum absolute atomic E-state index is 0.0718. The Bertz CT molecular complexity index is 1330. The lowest BCUT2D eigenvalue weighted by Crippen LogP contribution is -2.28. The average molecular weight is 511 g/mol. The average Bonchev–Trinajstić information content (AvgIpc) is 3.32. The summed E-state index contributed by atoms with van der Waals surface area (Å²) in [6, 6.07) is 14.3. The van der Waals surface area contributed by atoms with E-state index >= 15 is 0 Å². The summed E-state index contributed by atoms with van der Waals surface area (Å²) in [5, 5.41) is 13.4. The SMILES string of the molecule is CSc1c(-c2nnc(C3(C(F)(F)F)CC3)o2)nn(-c2ccccc2Cl)c1-c1ccc(Cl)cc1. The number of rotatable bonds is 5. The maximum absolute atomic E-state index is 13.5. The van der Waals surface area contributed by atoms with Crippen LogP contribution in [0.5, 0.6) is 0 Å². The van der Waals surface area contributed by atoms with Gasteiger partial charge in [0, 0.05) is 10.6 Å². The number of thioether (sulfide) groups is 1. The Morgan fingerprint density at radius 2 is 1.73 bits per heavy atom. The first-order chi connectivity index (χ1) is 15.7. The van der Waals surface area contributed by atoms with Gasteiger partial charge in [0.1, 0.15) is 5.41 Å². The van der Waals surface area contributed by atoms with Crippen LogP contribution in [0, 0.1) is 0 Å². The van der Waals surface area contributed by atoms with Gasteiger partial charge in [-0.2, -0.15) is 18.3 Å². The van der Waals surface area contributed by atoms with Crippen LogP contribution in [0.1, 0.15) is 18.7 Å². The third-order valence-electron chi connectivity index (χ3n) is 5.57. The van der Waals surface area contributed by atoms with Crippen molar-refractivity contribution >= 4 is 35.0 Å². The first-order valence-corrected chi connectivity index (χ1v) is 11.8. The van der Waals surface area contributed by atoms with E-state index in [0.717, 1.165) is 5.56 Å². The molecule has 0 spiro atoms. The molecule has 0 radical (unpaired) electrons. The summed E-state index contributed by atoms with van der Waals surface area (Å²) in [6.07, 6.45) is -2.76. The highest BCUT2D eigenvalue weighted by Gasteiger charge is 2.68. The minimum Gasteiger partial charge on any atom is -0.418 e. The number of hydrogen-bond donors (Lipinski definition) is 0. The molecule has 4 aromatic rings. The minimum atomic E-state index is -4.45. The van der Waals surface area contributed by atoms with Crippen molar-refractivity contribution in [1.82, 2.24) is 20.0 Å². The molecule has 170 valence electrons. The van der Waals surface area contributed by atoms with E-state index < -0.39 is 17.5 Å². The summed E-state index contributed by atoms with van der Waals surface area (Å²) < 4.78 is 47.9. The summed E-state index contributed by atoms with van der Waals surface area (Å²) in [6.45, 7) is 0. The van der Waals surface area contributed by atoms with Crippen molar-refractivity contribution in [3.8, 4) is 28.5 Å². The highest BCUT2D eigenvalue weighted by Crippen LogP contribution is 2.58. The van der Waals surface area contributed by atoms with Crippen molar-refractivity contribution in [1.29, 1.82) is 0 Å². The normalized spacial score (nSPS) is 15.1. The van der Waals surface area contributed by atoms with E-state index in [1.165, 1.54) is 11.8 Å². The standard InChI is InChI=1S/C22H15Cl2F3N4OS/c1-33-18-16(19-28-29-20(32-19)21(10-11-21)22(25,26)27)30-31(15-5-3-2-4-14(15)24)17(18)12-6-8-13(23)9-7-12/h2-9H,10-11H2,1H3. The zero-order valence-corrected chi connectivity index (χ0v) is 19.4. The fourth-order valence-corrected chi connectivity index (χ4v) is 4.71. The molecule has 1 fully saturated rings. The Balaban J connectivity index is 1.71. The van der Waals surface area contributed by atoms with Crippen LogP contribution in [-0.4, -0.2) is 32.4 Å². The molecule has 1 saturated carbocycles. The molecule has 1 aliphatic carbocycles. The first kappa shape index (κ1) is 22.3. The summed E-state index contributed by atoms with van der Waals surface area (Å²) in [5.41, 5.74) is 0.278. The molecule has 0 aliphatic heterocycles. The molecule has 0 bridgehead atoms. The molecule has 5 nitrogen and oxygen atoms in total. The van der Waals surface area contributed by atoms with Crippen molar-refractivity contribution < 1.29 is 17.6 Å². The molecule has 2 heterocycles. The Morgan fingerprint density at radius 3 is 2.33 bits per heavy atom. The molecule has 2 aromatic heterocycles. The molecule has 5 rings (SSSR count). The van der Waals surface area contributed by atoms with Gasteiger partial charge >= 0.3 is 6.18 Å². The highest BCUT2D eigenvalue weighted by molar-refractivity contribution is 7.98. The van der Waals surface area contributed by atoms with E-state index in [-0.39, 0.29) is 24.4 Å². The molecule has 0 atom stereocenters. The van der Waals surface area contributed by atoms with Crippen LogP contribution < -0.4 is 0 Å². The predicted octanol–water partition coefficient (Wildman–Crippen LogP) is 7.21. The van der Waals surface area contributed by atoms with Gasteiger partial charge in [-0.1, -0.05) is 47.5 Å². The molecule has 2 aromatic carbocycles. The second-order valence-corrected chi connectivity index (χ2v) is 9.25. The smallest absolute Gasteiger partial charge is 0.403 e. The van der Waals surface area contributed by atoms with Crippen LogP contribution in [0.4, 0.5) is 13.2 Å². The van der Waals surface area contributed by atoms with Crippen LogP contribution in [-0.2, 0) is 5.41 Å². The van der Waals surface area contributed by atoms with Gasteiger partial charge in [0.2, 0.25) is 5.89 Å². The molecule has 1 aliphatic rings. The lowest BCUT2D eigenvalue weighted by Gasteiger charge is -2.14. The maximum Gasteiger partial charge on any atom is 0.403 e. The van der Waals surface area contributed by atoms with Crippen molar-refractivity contribution in [2.45, 2.75) is 29.3 Å². The number of nitrogens with zero attached hydrogens (tertiary/aromatic N) is 4. The van der Waals surface area contributed by atoms with Crippen molar-refractivity contribution in [3.05, 3.63) is 64.5 Å². The van der Waals surface area contributed by atoms with E-state index in [2.05, 4.69) is 15.3 Å². The van der Waals surface area contributed by atoms with E-state index in [1.807, 2.05) is 24.5 Å². The van der Waals surface area contributed by atoms with Gasteiger partial charge in [-0.05, 0) is 43.4 Å². The fraction of sp³-hybridized carbons (Fsp3) is 0.227. The second-order valence-electron chi connectivity index (χ2n) is 7.59. The van der Waals surface area contributed by atoms with Crippen molar-refractivity contribution in [2.24, 2.45) is 0 Å². The van der Waals surface area contributed by atoms with Gasteiger partial charge in [0.15, 0.2) is 5.69 Å².